The summed E-state index contributed by atoms with van der Waals surface area (Å²) in [4.78, 5) is 25.6. The molecule has 1 fully saturated rings. The molecule has 0 unspecified atom stereocenters. The molecule has 0 spiro atoms. The van der Waals surface area contributed by atoms with Crippen LogP contribution in [0, 0.1) is 18.3 Å². The number of rotatable bonds is 6. The molecule has 1 aromatic heterocycles. The molecule has 1 N–H and O–H groups in total. The fourth-order valence-corrected chi connectivity index (χ4v) is 3.36. The van der Waals surface area contributed by atoms with Gasteiger partial charge in [-0.05, 0) is 39.3 Å². The van der Waals surface area contributed by atoms with Crippen molar-refractivity contribution in [2.75, 3.05) is 45.2 Å². The fraction of sp³-hybridized carbons (Fsp3) is 0.722. The van der Waals surface area contributed by atoms with Crippen molar-refractivity contribution in [1.29, 1.82) is 0 Å². The van der Waals surface area contributed by atoms with Gasteiger partial charge in [-0.3, -0.25) is 9.78 Å². The van der Waals surface area contributed by atoms with Gasteiger partial charge in [-0.25, -0.2) is 4.98 Å². The van der Waals surface area contributed by atoms with Crippen molar-refractivity contribution < 1.29 is 4.79 Å². The number of aryl methyl sites for hydroxylation is 1. The highest BCUT2D eigenvalue weighted by molar-refractivity contribution is 5.79. The first-order chi connectivity index (χ1) is 11.3. The van der Waals surface area contributed by atoms with Crippen LogP contribution < -0.4 is 10.2 Å². The van der Waals surface area contributed by atoms with E-state index in [1.165, 1.54) is 0 Å². The fourth-order valence-electron chi connectivity index (χ4n) is 3.36. The predicted octanol–water partition coefficient (Wildman–Crippen LogP) is 1.71. The Kier molecular flexibility index (Phi) is 6.15. The van der Waals surface area contributed by atoms with E-state index in [0.29, 0.717) is 6.54 Å². The van der Waals surface area contributed by atoms with Crippen LogP contribution in [-0.2, 0) is 4.79 Å². The minimum absolute atomic E-state index is 0.0804. The second-order valence-corrected chi connectivity index (χ2v) is 7.90. The molecular weight excluding hydrogens is 302 g/mol. The Morgan fingerprint density at radius 3 is 2.58 bits per heavy atom. The zero-order chi connectivity index (χ0) is 17.7. The maximum absolute atomic E-state index is 12.5. The van der Waals surface area contributed by atoms with Gasteiger partial charge >= 0.3 is 0 Å². The van der Waals surface area contributed by atoms with Crippen LogP contribution in [-0.4, -0.2) is 61.0 Å². The quantitative estimate of drug-likeness (QED) is 0.859. The molecule has 0 aliphatic carbocycles. The van der Waals surface area contributed by atoms with Crippen molar-refractivity contribution >= 4 is 11.7 Å². The molecule has 6 nitrogen and oxygen atoms in total. The molecule has 0 saturated carbocycles. The maximum Gasteiger partial charge on any atom is 0.223 e. The average molecular weight is 333 g/mol. The summed E-state index contributed by atoms with van der Waals surface area (Å²) in [7, 11) is 4.13. The molecule has 0 atom stereocenters. The van der Waals surface area contributed by atoms with Gasteiger partial charge in [0.05, 0.1) is 11.9 Å². The number of piperidine rings is 1. The van der Waals surface area contributed by atoms with Gasteiger partial charge in [0.1, 0.15) is 5.82 Å². The zero-order valence-corrected chi connectivity index (χ0v) is 15.7. The summed E-state index contributed by atoms with van der Waals surface area (Å²) in [5.74, 6) is 1.21. The molecule has 2 heterocycles. The topological polar surface area (TPSA) is 61.4 Å². The number of aromatic nitrogens is 2. The third-order valence-electron chi connectivity index (χ3n) is 4.42. The molecule has 2 rings (SSSR count). The van der Waals surface area contributed by atoms with E-state index in [0.717, 1.165) is 44.0 Å². The Balaban J connectivity index is 1.80. The first-order valence-corrected chi connectivity index (χ1v) is 8.73. The van der Waals surface area contributed by atoms with Gasteiger partial charge in [-0.15, -0.1) is 0 Å². The molecule has 1 saturated heterocycles. The second-order valence-electron chi connectivity index (χ2n) is 7.90. The minimum Gasteiger partial charge on any atom is -0.355 e. The van der Waals surface area contributed by atoms with Gasteiger partial charge < -0.3 is 15.1 Å². The van der Waals surface area contributed by atoms with Gasteiger partial charge in [-0.1, -0.05) is 13.8 Å². The minimum atomic E-state index is 0.0804. The Hall–Kier alpha value is -1.69. The van der Waals surface area contributed by atoms with Crippen molar-refractivity contribution in [3.05, 3.63) is 18.1 Å². The van der Waals surface area contributed by atoms with E-state index in [2.05, 4.69) is 53.0 Å². The molecular formula is C18H31N5O. The van der Waals surface area contributed by atoms with Crippen LogP contribution in [0.2, 0.25) is 0 Å². The highest BCUT2D eigenvalue weighted by Crippen LogP contribution is 2.22. The molecule has 1 aliphatic rings. The van der Waals surface area contributed by atoms with E-state index in [1.54, 1.807) is 12.4 Å². The molecule has 1 amide bonds. The van der Waals surface area contributed by atoms with E-state index >= 15 is 0 Å². The normalized spacial score (nSPS) is 16.5. The first kappa shape index (κ1) is 18.6. The first-order valence-electron chi connectivity index (χ1n) is 8.73. The number of nitrogens with zero attached hydrogens (tertiary/aromatic N) is 4. The number of carbonyl (C=O) groups excluding carboxylic acids is 1. The summed E-state index contributed by atoms with van der Waals surface area (Å²) in [5, 5.41) is 3.15. The lowest BCUT2D eigenvalue weighted by Gasteiger charge is -2.33. The number of hydrogen-bond acceptors (Lipinski definition) is 5. The van der Waals surface area contributed by atoms with Gasteiger partial charge in [0.25, 0.3) is 0 Å². The highest BCUT2D eigenvalue weighted by Gasteiger charge is 2.27. The maximum atomic E-state index is 12.5. The Morgan fingerprint density at radius 2 is 2.00 bits per heavy atom. The van der Waals surface area contributed by atoms with Crippen molar-refractivity contribution in [2.45, 2.75) is 33.6 Å². The Labute approximate surface area is 145 Å². The molecule has 24 heavy (non-hydrogen) atoms. The summed E-state index contributed by atoms with van der Waals surface area (Å²) < 4.78 is 0. The molecule has 0 aromatic carbocycles. The molecule has 1 aliphatic heterocycles. The third kappa shape index (κ3) is 5.44. The number of carbonyl (C=O) groups is 1. The molecule has 134 valence electrons. The van der Waals surface area contributed by atoms with E-state index in [9.17, 15) is 4.79 Å². The average Bonchev–Trinajstić information content (AvgIpc) is 2.52. The highest BCUT2D eigenvalue weighted by atomic mass is 16.1. The Bertz CT molecular complexity index is 550. The van der Waals surface area contributed by atoms with Gasteiger partial charge in [0.15, 0.2) is 0 Å². The van der Waals surface area contributed by atoms with Crippen LogP contribution in [0.1, 0.15) is 32.4 Å². The van der Waals surface area contributed by atoms with E-state index in [-0.39, 0.29) is 17.2 Å². The van der Waals surface area contributed by atoms with Crippen LogP contribution in [0.4, 0.5) is 5.82 Å². The van der Waals surface area contributed by atoms with Gasteiger partial charge in [-0.2, -0.15) is 0 Å². The predicted molar refractivity (Wildman–Crippen MR) is 97.1 cm³/mol. The van der Waals surface area contributed by atoms with E-state index in [4.69, 9.17) is 0 Å². The van der Waals surface area contributed by atoms with Crippen LogP contribution in [0.25, 0.3) is 0 Å². The number of hydrogen-bond donors (Lipinski definition) is 1. The molecule has 1 aromatic rings. The standard InChI is InChI=1S/C18H31N5O/c1-14-10-19-11-16(21-14)23-8-6-15(7-9-23)17(24)20-12-18(2,3)13-22(4)5/h10-11,15H,6-9,12-13H2,1-5H3,(H,20,24). The SMILES string of the molecule is Cc1cncc(N2CCC(C(=O)NCC(C)(C)CN(C)C)CC2)n1. The Morgan fingerprint density at radius 1 is 1.33 bits per heavy atom. The number of anilines is 1. The molecule has 6 heteroatoms. The lowest BCUT2D eigenvalue weighted by molar-refractivity contribution is -0.126. The van der Waals surface area contributed by atoms with Gasteiger partial charge in [0.2, 0.25) is 5.91 Å². The van der Waals surface area contributed by atoms with Crippen molar-refractivity contribution in [3.63, 3.8) is 0 Å². The largest absolute Gasteiger partial charge is 0.355 e. The summed E-state index contributed by atoms with van der Waals surface area (Å²) >= 11 is 0. The summed E-state index contributed by atoms with van der Waals surface area (Å²) in [6, 6.07) is 0. The lowest BCUT2D eigenvalue weighted by Crippen LogP contribution is -2.45. The monoisotopic (exact) mass is 333 g/mol. The summed E-state index contributed by atoms with van der Waals surface area (Å²) in [6.07, 6.45) is 5.31. The number of nitrogens with one attached hydrogen (secondary N) is 1. The lowest BCUT2D eigenvalue weighted by atomic mass is 9.91. The van der Waals surface area contributed by atoms with E-state index in [1.807, 2.05) is 6.92 Å². The summed E-state index contributed by atoms with van der Waals surface area (Å²) in [5.41, 5.74) is 1.01. The van der Waals surface area contributed by atoms with Crippen molar-refractivity contribution in [1.82, 2.24) is 20.2 Å². The number of amides is 1. The summed E-state index contributed by atoms with van der Waals surface area (Å²) in [6.45, 7) is 9.71. The zero-order valence-electron chi connectivity index (χ0n) is 15.7. The smallest absolute Gasteiger partial charge is 0.223 e. The molecule has 0 radical (unpaired) electrons. The molecule has 0 bridgehead atoms. The van der Waals surface area contributed by atoms with Crippen molar-refractivity contribution in [3.8, 4) is 0 Å². The van der Waals surface area contributed by atoms with E-state index < -0.39 is 0 Å². The van der Waals surface area contributed by atoms with Crippen molar-refractivity contribution in [2.24, 2.45) is 11.3 Å². The van der Waals surface area contributed by atoms with Crippen LogP contribution >= 0.6 is 0 Å². The van der Waals surface area contributed by atoms with Gasteiger partial charge in [0, 0.05) is 38.3 Å². The third-order valence-corrected chi connectivity index (χ3v) is 4.42. The second kappa shape index (κ2) is 7.92. The van der Waals surface area contributed by atoms with Crippen LogP contribution in [0.5, 0.6) is 0 Å². The van der Waals surface area contributed by atoms with Crippen LogP contribution in [0.15, 0.2) is 12.4 Å². The van der Waals surface area contributed by atoms with Crippen LogP contribution in [0.3, 0.4) is 0 Å².